The number of nitrogens with zero attached hydrogens (tertiary/aromatic N) is 7. The van der Waals surface area contributed by atoms with E-state index in [4.69, 9.17) is 19.9 Å². The van der Waals surface area contributed by atoms with E-state index in [9.17, 15) is 0 Å². The minimum absolute atomic E-state index is 0.786. The molecule has 0 saturated heterocycles. The molecule has 0 aliphatic rings. The van der Waals surface area contributed by atoms with Crippen LogP contribution in [0.25, 0.3) is 0 Å². The zero-order chi connectivity index (χ0) is 56.7. The van der Waals surface area contributed by atoms with Crippen molar-refractivity contribution in [3.05, 3.63) is 173 Å². The lowest BCUT2D eigenvalue weighted by atomic mass is 10.0. The third-order valence-corrected chi connectivity index (χ3v) is 15.9. The summed E-state index contributed by atoms with van der Waals surface area (Å²) in [7, 11) is 0. The van der Waals surface area contributed by atoms with Gasteiger partial charge in [-0.3, -0.25) is 14.7 Å². The first-order valence-electron chi connectivity index (χ1n) is 32.5. The first kappa shape index (κ1) is 62.3. The summed E-state index contributed by atoms with van der Waals surface area (Å²) in [5.74, 6) is 4.20. The highest BCUT2D eigenvalue weighted by Crippen LogP contribution is 2.44. The molecule has 0 spiro atoms. The van der Waals surface area contributed by atoms with E-state index in [2.05, 4.69) is 196 Å². The Morgan fingerprint density at radius 1 is 0.235 bits per heavy atom. The molecule has 4 heterocycles. The van der Waals surface area contributed by atoms with Crippen molar-refractivity contribution in [1.82, 2.24) is 19.9 Å². The quantitative estimate of drug-likeness (QED) is 0.0356. The number of hydrogen-bond acceptors (Lipinski definition) is 7. The van der Waals surface area contributed by atoms with Crippen molar-refractivity contribution >= 4 is 51.8 Å². The van der Waals surface area contributed by atoms with E-state index < -0.39 is 0 Å². The van der Waals surface area contributed by atoms with E-state index in [-0.39, 0.29) is 0 Å². The van der Waals surface area contributed by atoms with Gasteiger partial charge >= 0.3 is 0 Å². The summed E-state index contributed by atoms with van der Waals surface area (Å²) in [6.45, 7) is 13.7. The molecule has 3 aromatic carbocycles. The van der Waals surface area contributed by atoms with E-state index in [1.165, 1.54) is 139 Å². The fourth-order valence-electron chi connectivity index (χ4n) is 11.2. The van der Waals surface area contributed by atoms with Crippen LogP contribution in [0.2, 0.25) is 0 Å². The van der Waals surface area contributed by atoms with Gasteiger partial charge in [-0.25, -0.2) is 19.9 Å². The maximum absolute atomic E-state index is 5.95. The second-order valence-electron chi connectivity index (χ2n) is 22.9. The van der Waals surface area contributed by atoms with E-state index in [1.807, 2.05) is 0 Å². The lowest BCUT2D eigenvalue weighted by Crippen LogP contribution is -2.20. The number of benzene rings is 3. The molecule has 0 fully saturated rings. The van der Waals surface area contributed by atoms with Crippen molar-refractivity contribution < 1.29 is 0 Å². The first-order chi connectivity index (χ1) is 39.9. The maximum Gasteiger partial charge on any atom is 0.143 e. The number of aryl methyl sites for hydroxylation is 6. The van der Waals surface area contributed by atoms with Crippen molar-refractivity contribution in [3.63, 3.8) is 0 Å². The minimum Gasteiger partial charge on any atom is -0.295 e. The van der Waals surface area contributed by atoms with E-state index in [0.29, 0.717) is 0 Å². The lowest BCUT2D eigenvalue weighted by molar-refractivity contribution is 0.660. The van der Waals surface area contributed by atoms with Crippen molar-refractivity contribution in [1.29, 1.82) is 0 Å². The highest BCUT2D eigenvalue weighted by molar-refractivity contribution is 5.85. The normalized spacial score (nSPS) is 11.3. The zero-order valence-electron chi connectivity index (χ0n) is 51.1. The van der Waals surface area contributed by atoms with Crippen molar-refractivity contribution in [2.45, 2.75) is 234 Å². The predicted molar refractivity (Wildman–Crippen MR) is 349 cm³/mol. The largest absolute Gasteiger partial charge is 0.295 e. The Morgan fingerprint density at radius 3 is 0.840 bits per heavy atom. The van der Waals surface area contributed by atoms with Crippen LogP contribution in [0.15, 0.2) is 140 Å². The van der Waals surface area contributed by atoms with Gasteiger partial charge in [0, 0.05) is 46.3 Å². The molecule has 0 aliphatic heterocycles. The average molecular weight is 1090 g/mol. The van der Waals surface area contributed by atoms with Crippen molar-refractivity contribution in [2.75, 3.05) is 14.7 Å². The number of rotatable bonds is 39. The fourth-order valence-corrected chi connectivity index (χ4v) is 11.2. The number of unbranched alkanes of at least 4 members (excludes halogenated alkanes) is 18. The van der Waals surface area contributed by atoms with Gasteiger partial charge in [0.2, 0.25) is 0 Å². The molecule has 0 aliphatic carbocycles. The zero-order valence-corrected chi connectivity index (χ0v) is 51.1. The molecule has 0 bridgehead atoms. The molecule has 7 nitrogen and oxygen atoms in total. The summed E-state index contributed by atoms with van der Waals surface area (Å²) in [6, 6.07) is 52.0. The molecule has 0 N–H and O–H groups in total. The monoisotopic (exact) mass is 1090 g/mol. The Labute approximate surface area is 491 Å². The van der Waals surface area contributed by atoms with Gasteiger partial charge in [-0.15, -0.1) is 0 Å². The summed E-state index contributed by atoms with van der Waals surface area (Å²) in [6.07, 6.45) is 34.8. The SMILES string of the molecule is CCCCCCc1cccc(N(c2cc(N(c3cccc(CCCCCC)c3)c3cccc(CCCCCC)n3)nc(N(c3cccc(CCCCCC)c3)c3cccc(CCCCCC)n3)c2)c2cccc(CCCCCC)n2)c1. The molecule has 0 saturated carbocycles. The second kappa shape index (κ2) is 35.5. The van der Waals surface area contributed by atoms with Crippen LogP contribution >= 0.6 is 0 Å². The van der Waals surface area contributed by atoms with Crippen molar-refractivity contribution in [2.24, 2.45) is 0 Å². The molecule has 0 atom stereocenters. The van der Waals surface area contributed by atoms with Crippen LogP contribution in [0, 0.1) is 0 Å². The smallest absolute Gasteiger partial charge is 0.143 e. The molecular formula is C74H101N7. The van der Waals surface area contributed by atoms with E-state index in [0.717, 1.165) is 140 Å². The third-order valence-electron chi connectivity index (χ3n) is 15.9. The van der Waals surface area contributed by atoms with E-state index >= 15 is 0 Å². The summed E-state index contributed by atoms with van der Waals surface area (Å²) in [5.41, 5.74) is 11.5. The number of anilines is 9. The fraction of sp³-hybridized carbons (Fsp3) is 0.486. The van der Waals surface area contributed by atoms with Gasteiger partial charge in [0.15, 0.2) is 0 Å². The van der Waals surface area contributed by atoms with Crippen LogP contribution in [0.5, 0.6) is 0 Å². The summed E-state index contributed by atoms with van der Waals surface area (Å²) >= 11 is 0. The Hall–Kier alpha value is -6.34. The van der Waals surface area contributed by atoms with Gasteiger partial charge in [-0.1, -0.05) is 212 Å². The summed E-state index contributed by atoms with van der Waals surface area (Å²) in [4.78, 5) is 29.7. The molecular weight excluding hydrogens is 987 g/mol. The predicted octanol–water partition coefficient (Wildman–Crippen LogP) is 22.4. The average Bonchev–Trinajstić information content (AvgIpc) is 3.69. The summed E-state index contributed by atoms with van der Waals surface area (Å²) in [5, 5.41) is 0. The first-order valence-corrected chi connectivity index (χ1v) is 32.5. The highest BCUT2D eigenvalue weighted by atomic mass is 15.3. The third kappa shape index (κ3) is 20.0. The number of hydrogen-bond donors (Lipinski definition) is 0. The minimum atomic E-state index is 0.786. The van der Waals surface area contributed by atoms with Crippen molar-refractivity contribution in [3.8, 4) is 0 Å². The standard InChI is InChI=1S/C74H101N7/c1-7-13-19-25-37-60-40-31-49-66(55-60)79(70-52-34-46-63(75-70)43-28-22-16-10-4)69-58-73(80(67-50-32-41-61(56-67)38-26-20-14-8-2)71-53-35-47-64(76-71)44-29-23-17-11-5)78-74(59-69)81(68-51-33-42-62(57-68)39-27-21-15-9-3)72-54-36-48-65(77-72)45-30-24-18-12-6/h31-36,40-42,46-59H,7-30,37-39,43-45H2,1-6H3. The van der Waals surface area contributed by atoms with Crippen LogP contribution in [-0.2, 0) is 38.5 Å². The van der Waals surface area contributed by atoms with Crippen LogP contribution in [0.4, 0.5) is 51.8 Å². The molecule has 432 valence electrons. The van der Waals surface area contributed by atoms with Crippen LogP contribution in [-0.4, -0.2) is 19.9 Å². The molecule has 0 amide bonds. The molecule has 81 heavy (non-hydrogen) atoms. The van der Waals surface area contributed by atoms with Gasteiger partial charge in [-0.2, -0.15) is 0 Å². The van der Waals surface area contributed by atoms with Crippen LogP contribution < -0.4 is 14.7 Å². The van der Waals surface area contributed by atoms with Crippen LogP contribution in [0.3, 0.4) is 0 Å². The van der Waals surface area contributed by atoms with Crippen LogP contribution in [0.1, 0.15) is 229 Å². The van der Waals surface area contributed by atoms with Gasteiger partial charge in [-0.05, 0) is 167 Å². The number of pyridine rings is 4. The van der Waals surface area contributed by atoms with Gasteiger partial charge in [0.25, 0.3) is 0 Å². The summed E-state index contributed by atoms with van der Waals surface area (Å²) < 4.78 is 0. The molecule has 7 heteroatoms. The Bertz CT molecular complexity index is 2390. The molecule has 0 unspecified atom stereocenters. The van der Waals surface area contributed by atoms with Gasteiger partial charge in [0.05, 0.1) is 5.69 Å². The Kier molecular flexibility index (Phi) is 27.3. The molecule has 4 aromatic heterocycles. The molecule has 7 aromatic rings. The topological polar surface area (TPSA) is 61.3 Å². The second-order valence-corrected chi connectivity index (χ2v) is 22.9. The lowest BCUT2D eigenvalue weighted by Gasteiger charge is -2.31. The van der Waals surface area contributed by atoms with Gasteiger partial charge < -0.3 is 0 Å². The van der Waals surface area contributed by atoms with Gasteiger partial charge in [0.1, 0.15) is 29.1 Å². The Morgan fingerprint density at radius 2 is 0.519 bits per heavy atom. The molecule has 0 radical (unpaired) electrons. The maximum atomic E-state index is 5.95. The van der Waals surface area contributed by atoms with E-state index in [1.54, 1.807) is 0 Å². The number of aromatic nitrogens is 4. The highest BCUT2D eigenvalue weighted by Gasteiger charge is 2.26. The molecule has 7 rings (SSSR count). The Balaban J connectivity index is 1.52.